The summed E-state index contributed by atoms with van der Waals surface area (Å²) in [7, 11) is 0. The van der Waals surface area contributed by atoms with Crippen LogP contribution in [0.2, 0.25) is 0 Å². The van der Waals surface area contributed by atoms with E-state index in [0.29, 0.717) is 25.9 Å². The highest BCUT2D eigenvalue weighted by Gasteiger charge is 2.42. The molecule has 1 N–H and O–H groups in total. The fourth-order valence-electron chi connectivity index (χ4n) is 1.95. The first-order valence-corrected chi connectivity index (χ1v) is 5.21. The largest absolute Gasteiger partial charge is 0.317 e. The molecular formula is C11H14F2N2. The van der Waals surface area contributed by atoms with E-state index in [1.807, 2.05) is 0 Å². The topological polar surface area (TPSA) is 24.9 Å². The van der Waals surface area contributed by atoms with Crippen LogP contribution in [-0.2, 0) is 5.92 Å². The van der Waals surface area contributed by atoms with Crippen molar-refractivity contribution in [2.75, 3.05) is 13.1 Å². The number of nitrogens with zero attached hydrogens (tertiary/aromatic N) is 1. The molecule has 0 amide bonds. The Bertz CT molecular complexity index is 308. The number of pyridine rings is 1. The van der Waals surface area contributed by atoms with Gasteiger partial charge in [-0.3, -0.25) is 4.98 Å². The SMILES string of the molecule is FC(F)(c1ccccn1)C1CCNCC1. The van der Waals surface area contributed by atoms with Gasteiger partial charge in [0, 0.05) is 12.1 Å². The van der Waals surface area contributed by atoms with Crippen LogP contribution in [-0.4, -0.2) is 18.1 Å². The van der Waals surface area contributed by atoms with Crippen LogP contribution in [0.3, 0.4) is 0 Å². The Morgan fingerprint density at radius 3 is 2.60 bits per heavy atom. The first kappa shape index (κ1) is 10.5. The smallest absolute Gasteiger partial charge is 0.292 e. The minimum absolute atomic E-state index is 0.100. The Balaban J connectivity index is 2.18. The van der Waals surface area contributed by atoms with E-state index in [4.69, 9.17) is 0 Å². The Hall–Kier alpha value is -1.03. The van der Waals surface area contributed by atoms with E-state index >= 15 is 0 Å². The number of alkyl halides is 2. The van der Waals surface area contributed by atoms with Crippen molar-refractivity contribution in [1.29, 1.82) is 0 Å². The number of hydrogen-bond donors (Lipinski definition) is 1. The molecule has 0 bridgehead atoms. The molecule has 1 aromatic rings. The van der Waals surface area contributed by atoms with Crippen molar-refractivity contribution in [2.45, 2.75) is 18.8 Å². The molecule has 1 aliphatic rings. The van der Waals surface area contributed by atoms with Crippen LogP contribution in [0, 0.1) is 5.92 Å². The molecule has 1 saturated heterocycles. The van der Waals surface area contributed by atoms with Gasteiger partial charge in [-0.05, 0) is 38.1 Å². The van der Waals surface area contributed by atoms with Gasteiger partial charge in [-0.1, -0.05) is 6.07 Å². The van der Waals surface area contributed by atoms with Gasteiger partial charge in [0.1, 0.15) is 5.69 Å². The predicted molar refractivity (Wildman–Crippen MR) is 53.7 cm³/mol. The third kappa shape index (κ3) is 2.15. The van der Waals surface area contributed by atoms with E-state index in [2.05, 4.69) is 10.3 Å². The van der Waals surface area contributed by atoms with Gasteiger partial charge < -0.3 is 5.32 Å². The van der Waals surface area contributed by atoms with E-state index in [0.717, 1.165) is 0 Å². The summed E-state index contributed by atoms with van der Waals surface area (Å²) < 4.78 is 27.9. The predicted octanol–water partition coefficient (Wildman–Crippen LogP) is 2.17. The zero-order valence-corrected chi connectivity index (χ0v) is 8.42. The quantitative estimate of drug-likeness (QED) is 0.812. The summed E-state index contributed by atoms with van der Waals surface area (Å²) in [5.41, 5.74) is -0.100. The minimum Gasteiger partial charge on any atom is -0.317 e. The molecule has 15 heavy (non-hydrogen) atoms. The summed E-state index contributed by atoms with van der Waals surface area (Å²) >= 11 is 0. The van der Waals surface area contributed by atoms with Gasteiger partial charge in [-0.25, -0.2) is 0 Å². The van der Waals surface area contributed by atoms with Crippen molar-refractivity contribution in [3.63, 3.8) is 0 Å². The van der Waals surface area contributed by atoms with Crippen molar-refractivity contribution in [3.05, 3.63) is 30.1 Å². The third-order valence-corrected chi connectivity index (χ3v) is 2.86. The number of hydrogen-bond acceptors (Lipinski definition) is 2. The van der Waals surface area contributed by atoms with Crippen LogP contribution in [0.25, 0.3) is 0 Å². The molecule has 1 aliphatic heterocycles. The van der Waals surface area contributed by atoms with Crippen LogP contribution in [0.1, 0.15) is 18.5 Å². The van der Waals surface area contributed by atoms with E-state index < -0.39 is 11.8 Å². The molecule has 2 heterocycles. The number of piperidine rings is 1. The molecule has 0 aromatic carbocycles. The number of nitrogens with one attached hydrogen (secondary N) is 1. The maximum absolute atomic E-state index is 14.0. The summed E-state index contributed by atoms with van der Waals surface area (Å²) in [6.45, 7) is 1.35. The highest BCUT2D eigenvalue weighted by atomic mass is 19.3. The first-order chi connectivity index (χ1) is 7.21. The van der Waals surface area contributed by atoms with Crippen LogP contribution >= 0.6 is 0 Å². The van der Waals surface area contributed by atoms with Crippen molar-refractivity contribution < 1.29 is 8.78 Å². The zero-order valence-electron chi connectivity index (χ0n) is 8.42. The monoisotopic (exact) mass is 212 g/mol. The molecule has 0 atom stereocenters. The molecule has 0 saturated carbocycles. The summed E-state index contributed by atoms with van der Waals surface area (Å²) in [6.07, 6.45) is 2.46. The number of rotatable bonds is 2. The van der Waals surface area contributed by atoms with Gasteiger partial charge >= 0.3 is 0 Å². The molecule has 2 rings (SSSR count). The number of aromatic nitrogens is 1. The van der Waals surface area contributed by atoms with Gasteiger partial charge in [-0.15, -0.1) is 0 Å². The van der Waals surface area contributed by atoms with Crippen molar-refractivity contribution >= 4 is 0 Å². The zero-order chi connectivity index (χ0) is 10.7. The summed E-state index contributed by atoms with van der Waals surface area (Å²) in [5, 5.41) is 3.08. The maximum atomic E-state index is 14.0. The van der Waals surface area contributed by atoms with Crippen molar-refractivity contribution in [3.8, 4) is 0 Å². The highest BCUT2D eigenvalue weighted by molar-refractivity contribution is 5.11. The number of halogens is 2. The second-order valence-corrected chi connectivity index (χ2v) is 3.86. The summed E-state index contributed by atoms with van der Waals surface area (Å²) in [6, 6.07) is 4.67. The molecular weight excluding hydrogens is 198 g/mol. The van der Waals surface area contributed by atoms with Gasteiger partial charge in [0.25, 0.3) is 5.92 Å². The Morgan fingerprint density at radius 2 is 2.00 bits per heavy atom. The molecule has 1 aromatic heterocycles. The lowest BCUT2D eigenvalue weighted by molar-refractivity contribution is -0.0790. The Labute approximate surface area is 87.7 Å². The van der Waals surface area contributed by atoms with Crippen LogP contribution in [0.5, 0.6) is 0 Å². The Kier molecular flexibility index (Phi) is 2.95. The van der Waals surface area contributed by atoms with Crippen LogP contribution in [0.15, 0.2) is 24.4 Å². The minimum atomic E-state index is -2.79. The third-order valence-electron chi connectivity index (χ3n) is 2.86. The van der Waals surface area contributed by atoms with E-state index in [-0.39, 0.29) is 5.69 Å². The second-order valence-electron chi connectivity index (χ2n) is 3.86. The van der Waals surface area contributed by atoms with E-state index in [1.165, 1.54) is 12.3 Å². The average Bonchev–Trinajstić information content (AvgIpc) is 2.31. The van der Waals surface area contributed by atoms with Crippen LogP contribution in [0.4, 0.5) is 8.78 Å². The maximum Gasteiger partial charge on any atom is 0.292 e. The lowest BCUT2D eigenvalue weighted by atomic mass is 9.89. The average molecular weight is 212 g/mol. The van der Waals surface area contributed by atoms with E-state index in [1.54, 1.807) is 12.1 Å². The standard InChI is InChI=1S/C11H14F2N2/c12-11(13,9-4-7-14-8-5-9)10-3-1-2-6-15-10/h1-3,6,9,14H,4-5,7-8H2. The Morgan fingerprint density at radius 1 is 1.27 bits per heavy atom. The summed E-state index contributed by atoms with van der Waals surface area (Å²) in [4.78, 5) is 3.76. The van der Waals surface area contributed by atoms with Gasteiger partial charge in [0.2, 0.25) is 0 Å². The first-order valence-electron chi connectivity index (χ1n) is 5.21. The van der Waals surface area contributed by atoms with Crippen LogP contribution < -0.4 is 5.32 Å². The lowest BCUT2D eigenvalue weighted by Gasteiger charge is -2.29. The molecule has 1 fully saturated rings. The van der Waals surface area contributed by atoms with Gasteiger partial charge in [-0.2, -0.15) is 8.78 Å². The molecule has 0 radical (unpaired) electrons. The van der Waals surface area contributed by atoms with Crippen molar-refractivity contribution in [1.82, 2.24) is 10.3 Å². The highest BCUT2D eigenvalue weighted by Crippen LogP contribution is 2.39. The normalized spacial score (nSPS) is 19.1. The second kappa shape index (κ2) is 4.23. The van der Waals surface area contributed by atoms with Gasteiger partial charge in [0.15, 0.2) is 0 Å². The van der Waals surface area contributed by atoms with Crippen molar-refractivity contribution in [2.24, 2.45) is 5.92 Å². The fraction of sp³-hybridized carbons (Fsp3) is 0.545. The van der Waals surface area contributed by atoms with E-state index in [9.17, 15) is 8.78 Å². The molecule has 0 aliphatic carbocycles. The summed E-state index contributed by atoms with van der Waals surface area (Å²) in [5.74, 6) is -3.36. The lowest BCUT2D eigenvalue weighted by Crippen LogP contribution is -2.37. The molecule has 0 unspecified atom stereocenters. The molecule has 0 spiro atoms. The molecule has 82 valence electrons. The fourth-order valence-corrected chi connectivity index (χ4v) is 1.95. The van der Waals surface area contributed by atoms with Gasteiger partial charge in [0.05, 0.1) is 0 Å². The molecule has 2 nitrogen and oxygen atoms in total. The molecule has 4 heteroatoms.